The molecule has 0 spiro atoms. The topological polar surface area (TPSA) is 144 Å². The molecule has 1 aliphatic rings. The molecule has 11 nitrogen and oxygen atoms in total. The predicted octanol–water partition coefficient (Wildman–Crippen LogP) is 1.16. The van der Waals surface area contributed by atoms with Gasteiger partial charge in [0.1, 0.15) is 16.5 Å². The normalized spacial score (nSPS) is 21.9. The molecule has 3 heterocycles. The third-order valence-electron chi connectivity index (χ3n) is 5.79. The lowest BCUT2D eigenvalue weighted by molar-refractivity contribution is 0.0918. The summed E-state index contributed by atoms with van der Waals surface area (Å²) in [5, 5.41) is 19.0. The van der Waals surface area contributed by atoms with E-state index in [1.54, 1.807) is 11.7 Å². The summed E-state index contributed by atoms with van der Waals surface area (Å²) >= 11 is 0. The van der Waals surface area contributed by atoms with Crippen LogP contribution in [0.4, 0.5) is 0 Å². The molecule has 1 fully saturated rings. The molecule has 3 N–H and O–H groups in total. The Balaban J connectivity index is 1.43. The van der Waals surface area contributed by atoms with Gasteiger partial charge in [0.25, 0.3) is 0 Å². The van der Waals surface area contributed by atoms with Gasteiger partial charge in [0.05, 0.1) is 23.3 Å². The SMILES string of the molecule is Cc1nc([C@H]2CC[C@@H](O)[C@H](NS(=O)(=O)c3cnn(C)c3)C2)n(-c2nc3ccccc3[nH]2)n1. The summed E-state index contributed by atoms with van der Waals surface area (Å²) in [6.45, 7) is 1.81. The van der Waals surface area contributed by atoms with E-state index in [9.17, 15) is 13.5 Å². The average Bonchev–Trinajstić information content (AvgIpc) is 3.47. The Morgan fingerprint density at radius 1 is 1.22 bits per heavy atom. The van der Waals surface area contributed by atoms with E-state index in [2.05, 4.69) is 29.9 Å². The Labute approximate surface area is 184 Å². The fraction of sp³-hybridized carbons (Fsp3) is 0.400. The lowest BCUT2D eigenvalue weighted by atomic mass is 9.83. The predicted molar refractivity (Wildman–Crippen MR) is 116 cm³/mol. The Kier molecular flexibility index (Phi) is 5.07. The minimum atomic E-state index is -3.81. The number of aromatic nitrogens is 7. The highest BCUT2D eigenvalue weighted by molar-refractivity contribution is 7.89. The van der Waals surface area contributed by atoms with Crippen molar-refractivity contribution in [2.24, 2.45) is 7.05 Å². The van der Waals surface area contributed by atoms with Crippen molar-refractivity contribution < 1.29 is 13.5 Å². The molecule has 0 bridgehead atoms. The Bertz CT molecular complexity index is 1340. The first kappa shape index (κ1) is 20.8. The number of aryl methyl sites for hydroxylation is 2. The van der Waals surface area contributed by atoms with Gasteiger partial charge in [-0.1, -0.05) is 12.1 Å². The minimum absolute atomic E-state index is 0.0654. The smallest absolute Gasteiger partial charge is 0.244 e. The van der Waals surface area contributed by atoms with Gasteiger partial charge in [-0.3, -0.25) is 4.68 Å². The minimum Gasteiger partial charge on any atom is -0.391 e. The summed E-state index contributed by atoms with van der Waals surface area (Å²) < 4.78 is 31.3. The lowest BCUT2D eigenvalue weighted by Gasteiger charge is -2.33. The van der Waals surface area contributed by atoms with Crippen LogP contribution in [0.25, 0.3) is 17.0 Å². The average molecular weight is 457 g/mol. The van der Waals surface area contributed by atoms with Crippen LogP contribution >= 0.6 is 0 Å². The first-order valence-corrected chi connectivity index (χ1v) is 11.9. The summed E-state index contributed by atoms with van der Waals surface area (Å²) in [5.74, 6) is 1.74. The summed E-state index contributed by atoms with van der Waals surface area (Å²) in [5.41, 5.74) is 1.71. The van der Waals surface area contributed by atoms with Gasteiger partial charge >= 0.3 is 0 Å². The van der Waals surface area contributed by atoms with Crippen molar-refractivity contribution in [3.63, 3.8) is 0 Å². The summed E-state index contributed by atoms with van der Waals surface area (Å²) in [6.07, 6.45) is 3.41. The number of aromatic amines is 1. The number of para-hydroxylation sites is 2. The van der Waals surface area contributed by atoms with Gasteiger partial charge in [-0.2, -0.15) is 9.78 Å². The van der Waals surface area contributed by atoms with E-state index in [0.717, 1.165) is 11.0 Å². The highest BCUT2D eigenvalue weighted by Crippen LogP contribution is 2.34. The van der Waals surface area contributed by atoms with Crippen molar-refractivity contribution in [3.8, 4) is 5.95 Å². The molecule has 0 unspecified atom stereocenters. The molecule has 32 heavy (non-hydrogen) atoms. The fourth-order valence-electron chi connectivity index (χ4n) is 4.21. The van der Waals surface area contributed by atoms with Gasteiger partial charge in [0.15, 0.2) is 0 Å². The van der Waals surface area contributed by atoms with Gasteiger partial charge in [-0.25, -0.2) is 23.1 Å². The molecule has 0 saturated heterocycles. The van der Waals surface area contributed by atoms with E-state index in [1.807, 2.05) is 31.2 Å². The standard InChI is InChI=1S/C20H24N8O3S/c1-12-22-19(28(25-12)20-23-15-5-3-4-6-16(15)24-20)13-7-8-18(29)17(9-13)26-32(30,31)14-10-21-27(2)11-14/h3-6,10-11,13,17-18,26,29H,7-9H2,1-2H3,(H,23,24)/t13-,17+,18+/m0/s1. The van der Waals surface area contributed by atoms with E-state index in [0.29, 0.717) is 36.9 Å². The highest BCUT2D eigenvalue weighted by atomic mass is 32.2. The maximum absolute atomic E-state index is 12.8. The van der Waals surface area contributed by atoms with E-state index in [-0.39, 0.29) is 10.8 Å². The van der Waals surface area contributed by atoms with Crippen molar-refractivity contribution in [1.82, 2.24) is 39.2 Å². The number of fused-ring (bicyclic) bond motifs is 1. The monoisotopic (exact) mass is 456 g/mol. The zero-order valence-corrected chi connectivity index (χ0v) is 18.5. The van der Waals surface area contributed by atoms with Crippen LogP contribution in [0.2, 0.25) is 0 Å². The number of aliphatic hydroxyl groups excluding tert-OH is 1. The molecule has 3 aromatic heterocycles. The van der Waals surface area contributed by atoms with Crippen LogP contribution in [0.5, 0.6) is 0 Å². The Morgan fingerprint density at radius 2 is 2.03 bits per heavy atom. The number of aliphatic hydroxyl groups is 1. The molecule has 0 aliphatic heterocycles. The zero-order chi connectivity index (χ0) is 22.5. The Morgan fingerprint density at radius 3 is 2.78 bits per heavy atom. The van der Waals surface area contributed by atoms with Crippen LogP contribution in [0.15, 0.2) is 41.6 Å². The molecule has 0 radical (unpaired) electrons. The molecule has 12 heteroatoms. The molecule has 1 saturated carbocycles. The second kappa shape index (κ2) is 7.80. The molecule has 5 rings (SSSR count). The number of rotatable bonds is 5. The summed E-state index contributed by atoms with van der Waals surface area (Å²) in [4.78, 5) is 12.6. The van der Waals surface area contributed by atoms with Gasteiger partial charge in [0.2, 0.25) is 16.0 Å². The first-order chi connectivity index (χ1) is 15.3. The third kappa shape index (κ3) is 3.80. The molecule has 3 atom stereocenters. The first-order valence-electron chi connectivity index (χ1n) is 10.4. The molecular weight excluding hydrogens is 432 g/mol. The van der Waals surface area contributed by atoms with Crippen molar-refractivity contribution in [2.45, 2.75) is 49.1 Å². The number of nitrogens with zero attached hydrogens (tertiary/aromatic N) is 6. The zero-order valence-electron chi connectivity index (χ0n) is 17.7. The van der Waals surface area contributed by atoms with Gasteiger partial charge in [-0.05, 0) is 38.3 Å². The highest BCUT2D eigenvalue weighted by Gasteiger charge is 2.36. The quantitative estimate of drug-likeness (QED) is 0.409. The molecule has 1 aliphatic carbocycles. The van der Waals surface area contributed by atoms with Crippen LogP contribution in [-0.4, -0.2) is 60.2 Å². The summed E-state index contributed by atoms with van der Waals surface area (Å²) in [6, 6.07) is 7.05. The van der Waals surface area contributed by atoms with Gasteiger partial charge in [0, 0.05) is 25.2 Å². The second-order valence-corrected chi connectivity index (χ2v) is 9.88. The molecular formula is C20H24N8O3S. The van der Waals surface area contributed by atoms with Gasteiger partial charge in [-0.15, -0.1) is 5.10 Å². The maximum atomic E-state index is 12.8. The van der Waals surface area contributed by atoms with E-state index >= 15 is 0 Å². The number of sulfonamides is 1. The summed E-state index contributed by atoms with van der Waals surface area (Å²) in [7, 11) is -2.16. The molecule has 4 aromatic rings. The largest absolute Gasteiger partial charge is 0.391 e. The van der Waals surface area contributed by atoms with E-state index in [4.69, 9.17) is 0 Å². The maximum Gasteiger partial charge on any atom is 0.244 e. The second-order valence-electron chi connectivity index (χ2n) is 8.16. The molecule has 1 aromatic carbocycles. The van der Waals surface area contributed by atoms with Crippen LogP contribution in [0.3, 0.4) is 0 Å². The van der Waals surface area contributed by atoms with Crippen LogP contribution < -0.4 is 4.72 Å². The number of nitrogens with one attached hydrogen (secondary N) is 2. The molecule has 168 valence electrons. The van der Waals surface area contributed by atoms with E-state index in [1.165, 1.54) is 17.1 Å². The van der Waals surface area contributed by atoms with Crippen molar-refractivity contribution in [1.29, 1.82) is 0 Å². The molecule has 0 amide bonds. The van der Waals surface area contributed by atoms with Gasteiger partial charge < -0.3 is 10.1 Å². The Hall–Kier alpha value is -3.09. The third-order valence-corrected chi connectivity index (χ3v) is 7.24. The van der Waals surface area contributed by atoms with Crippen LogP contribution in [0.1, 0.15) is 36.8 Å². The number of hydrogen-bond acceptors (Lipinski definition) is 7. The van der Waals surface area contributed by atoms with Crippen molar-refractivity contribution in [3.05, 3.63) is 48.3 Å². The number of hydrogen-bond donors (Lipinski definition) is 3. The van der Waals surface area contributed by atoms with E-state index < -0.39 is 22.2 Å². The number of imidazole rings is 1. The number of H-pyrrole nitrogens is 1. The van der Waals surface area contributed by atoms with Crippen LogP contribution in [-0.2, 0) is 17.1 Å². The van der Waals surface area contributed by atoms with Crippen LogP contribution in [0, 0.1) is 6.92 Å². The number of benzene rings is 1. The van der Waals surface area contributed by atoms with Crippen molar-refractivity contribution in [2.75, 3.05) is 0 Å². The fourth-order valence-corrected chi connectivity index (χ4v) is 5.48. The lowest BCUT2D eigenvalue weighted by Crippen LogP contribution is -2.46. The van der Waals surface area contributed by atoms with Crippen molar-refractivity contribution >= 4 is 21.1 Å².